The third kappa shape index (κ3) is 67.3. The minimum atomic E-state index is -5.17. The standard InChI is InChI=1S/Ca.Na.H2O4S.H/c;;1-5(2,3)4;/h;;(H2,1,2,3,4);/q+2;;;/p-2. The van der Waals surface area contributed by atoms with Gasteiger partial charge in [0.15, 0.2) is 0 Å². The van der Waals surface area contributed by atoms with E-state index in [1.54, 1.807) is 0 Å². The zero-order valence-corrected chi connectivity index (χ0v) is 5.77. The van der Waals surface area contributed by atoms with Gasteiger partial charge in [-0.15, -0.1) is 0 Å². The van der Waals surface area contributed by atoms with E-state index in [0.29, 0.717) is 0 Å². The summed E-state index contributed by atoms with van der Waals surface area (Å²) >= 11 is 0. The average molecular weight is 160 g/mol. The van der Waals surface area contributed by atoms with E-state index in [0.717, 1.165) is 0 Å². The molecular formula is HCaNaO4S. The van der Waals surface area contributed by atoms with E-state index in [9.17, 15) is 0 Å². The zero-order valence-electron chi connectivity index (χ0n) is 2.75. The molecule has 0 N–H and O–H groups in total. The normalized spacial score (nSPS) is 8.29. The van der Waals surface area contributed by atoms with Gasteiger partial charge in [-0.1, -0.05) is 0 Å². The Kier molecular flexibility index (Phi) is 14.3. The number of hydrogen-bond acceptors (Lipinski definition) is 4. The molecule has 0 unspecified atom stereocenters. The molecule has 0 aromatic carbocycles. The van der Waals surface area contributed by atoms with Crippen molar-refractivity contribution in [2.75, 3.05) is 0 Å². The van der Waals surface area contributed by atoms with Crippen molar-refractivity contribution in [2.45, 2.75) is 0 Å². The van der Waals surface area contributed by atoms with Gasteiger partial charge in [-0.05, 0) is 0 Å². The molecule has 7 heavy (non-hydrogen) atoms. The molecule has 0 amide bonds. The Morgan fingerprint density at radius 1 is 1.14 bits per heavy atom. The molecule has 0 saturated carbocycles. The fourth-order valence-electron chi connectivity index (χ4n) is 0. The molecule has 0 fully saturated rings. The molecule has 0 saturated heterocycles. The van der Waals surface area contributed by atoms with E-state index in [4.69, 9.17) is 17.5 Å². The Morgan fingerprint density at radius 3 is 1.14 bits per heavy atom. The predicted octanol–water partition coefficient (Wildman–Crippen LogP) is -2.37. The van der Waals surface area contributed by atoms with Crippen molar-refractivity contribution in [2.24, 2.45) is 0 Å². The molecular weight excluding hydrogens is 159 g/mol. The second kappa shape index (κ2) is 6.25. The van der Waals surface area contributed by atoms with Crippen LogP contribution in [0, 0.1) is 0 Å². The van der Waals surface area contributed by atoms with Gasteiger partial charge in [0.2, 0.25) is 0 Å². The molecule has 34 valence electrons. The van der Waals surface area contributed by atoms with E-state index < -0.39 is 10.4 Å². The van der Waals surface area contributed by atoms with Gasteiger partial charge in [-0.2, -0.15) is 0 Å². The molecule has 0 aromatic heterocycles. The third-order valence-electron chi connectivity index (χ3n) is 0. The summed E-state index contributed by atoms with van der Waals surface area (Å²) in [5.74, 6) is 0. The van der Waals surface area contributed by atoms with Gasteiger partial charge >= 0.3 is 67.3 Å². The SMILES string of the molecule is O=S(=O)([O-])[O-].[Ca+2].[NaH]. The molecule has 0 bridgehead atoms. The summed E-state index contributed by atoms with van der Waals surface area (Å²) in [5, 5.41) is 0. The monoisotopic (exact) mass is 160 g/mol. The first kappa shape index (κ1) is 16.1. The van der Waals surface area contributed by atoms with Crippen LogP contribution in [0.2, 0.25) is 0 Å². The van der Waals surface area contributed by atoms with Gasteiger partial charge in [0.1, 0.15) is 0 Å². The molecule has 0 radical (unpaired) electrons. The summed E-state index contributed by atoms with van der Waals surface area (Å²) in [4.78, 5) is 0. The Balaban J connectivity index is -0.0000000800. The van der Waals surface area contributed by atoms with E-state index in [2.05, 4.69) is 0 Å². The first-order chi connectivity index (χ1) is 2.00. The van der Waals surface area contributed by atoms with Crippen molar-refractivity contribution in [3.63, 3.8) is 0 Å². The summed E-state index contributed by atoms with van der Waals surface area (Å²) in [7, 11) is -5.17. The second-order valence-electron chi connectivity index (χ2n) is 0.408. The molecule has 0 aromatic rings. The van der Waals surface area contributed by atoms with Gasteiger partial charge in [-0.25, -0.2) is 0 Å². The predicted molar refractivity (Wildman–Crippen MR) is 23.4 cm³/mol. The molecule has 0 spiro atoms. The van der Waals surface area contributed by atoms with Crippen LogP contribution < -0.4 is 0 Å². The van der Waals surface area contributed by atoms with Gasteiger partial charge in [0.25, 0.3) is 0 Å². The Hall–Kier alpha value is 2.13. The summed E-state index contributed by atoms with van der Waals surface area (Å²) < 4.78 is 34.1. The molecule has 0 atom stereocenters. The summed E-state index contributed by atoms with van der Waals surface area (Å²) in [6.07, 6.45) is 0. The molecule has 0 heterocycles. The molecule has 7 heteroatoms. The van der Waals surface area contributed by atoms with Crippen molar-refractivity contribution in [1.29, 1.82) is 0 Å². The first-order valence-electron chi connectivity index (χ1n) is 0.667. The van der Waals surface area contributed by atoms with Crippen LogP contribution in [0.3, 0.4) is 0 Å². The fraction of sp³-hybridized carbons (Fsp3) is 0. The maximum atomic E-state index is 8.52. The van der Waals surface area contributed by atoms with Crippen LogP contribution in [0.15, 0.2) is 0 Å². The number of hydrogen-bond donors (Lipinski definition) is 0. The van der Waals surface area contributed by atoms with Crippen LogP contribution in [0.4, 0.5) is 0 Å². The topological polar surface area (TPSA) is 80.3 Å². The van der Waals surface area contributed by atoms with E-state index in [-0.39, 0.29) is 67.3 Å². The first-order valence-corrected chi connectivity index (χ1v) is 2.00. The minimum absolute atomic E-state index is 0. The van der Waals surface area contributed by atoms with Crippen molar-refractivity contribution < 1.29 is 17.5 Å². The quantitative estimate of drug-likeness (QED) is 0.225. The molecule has 0 aliphatic rings. The van der Waals surface area contributed by atoms with Crippen molar-refractivity contribution >= 4 is 77.7 Å². The van der Waals surface area contributed by atoms with Crippen LogP contribution >= 0.6 is 0 Å². The van der Waals surface area contributed by atoms with Crippen molar-refractivity contribution in [3.05, 3.63) is 0 Å². The Morgan fingerprint density at radius 2 is 1.14 bits per heavy atom. The van der Waals surface area contributed by atoms with E-state index >= 15 is 0 Å². The van der Waals surface area contributed by atoms with Crippen LogP contribution in [0.25, 0.3) is 0 Å². The number of rotatable bonds is 0. The summed E-state index contributed by atoms with van der Waals surface area (Å²) in [6.45, 7) is 0. The van der Waals surface area contributed by atoms with Gasteiger partial charge in [0, 0.05) is 10.4 Å². The second-order valence-corrected chi connectivity index (χ2v) is 1.22. The van der Waals surface area contributed by atoms with Crippen molar-refractivity contribution in [3.8, 4) is 0 Å². The zero-order chi connectivity index (χ0) is 4.50. The van der Waals surface area contributed by atoms with Crippen LogP contribution in [0.5, 0.6) is 0 Å². The average Bonchev–Trinajstić information content (AvgIpc) is 0.722. The Labute approximate surface area is 93.5 Å². The third-order valence-corrected chi connectivity index (χ3v) is 0. The van der Waals surface area contributed by atoms with Crippen molar-refractivity contribution in [1.82, 2.24) is 0 Å². The fourth-order valence-corrected chi connectivity index (χ4v) is 0. The van der Waals surface area contributed by atoms with E-state index in [1.807, 2.05) is 0 Å². The summed E-state index contributed by atoms with van der Waals surface area (Å²) in [6, 6.07) is 0. The molecule has 0 rings (SSSR count). The molecule has 4 nitrogen and oxygen atoms in total. The van der Waals surface area contributed by atoms with Gasteiger partial charge in [-0.3, -0.25) is 8.42 Å². The summed E-state index contributed by atoms with van der Waals surface area (Å²) in [5.41, 5.74) is 0. The van der Waals surface area contributed by atoms with Crippen LogP contribution in [0.1, 0.15) is 0 Å². The Bertz CT molecular complexity index is 94.9. The van der Waals surface area contributed by atoms with Crippen LogP contribution in [-0.4, -0.2) is 84.8 Å². The maximum absolute atomic E-state index is 8.52. The molecule has 0 aliphatic heterocycles. The van der Waals surface area contributed by atoms with Gasteiger partial charge < -0.3 is 9.11 Å². The van der Waals surface area contributed by atoms with Crippen LogP contribution in [-0.2, 0) is 10.4 Å². The van der Waals surface area contributed by atoms with E-state index in [1.165, 1.54) is 0 Å². The van der Waals surface area contributed by atoms with Gasteiger partial charge in [0.05, 0.1) is 0 Å². The molecule has 0 aliphatic carbocycles.